The van der Waals surface area contributed by atoms with E-state index in [4.69, 9.17) is 16.0 Å². The van der Waals surface area contributed by atoms with E-state index in [-0.39, 0.29) is 0 Å². The normalized spacial score (nSPS) is 11.3. The third-order valence-electron chi connectivity index (χ3n) is 4.06. The van der Waals surface area contributed by atoms with Crippen LogP contribution < -0.4 is 5.32 Å². The van der Waals surface area contributed by atoms with Crippen molar-refractivity contribution in [2.75, 3.05) is 5.32 Å². The van der Waals surface area contributed by atoms with Crippen LogP contribution in [0.4, 0.5) is 11.4 Å². The van der Waals surface area contributed by atoms with Crippen molar-refractivity contribution in [3.63, 3.8) is 0 Å². The van der Waals surface area contributed by atoms with Crippen LogP contribution >= 0.6 is 11.6 Å². The molecule has 0 spiro atoms. The molecule has 1 aromatic carbocycles. The van der Waals surface area contributed by atoms with Gasteiger partial charge in [0.15, 0.2) is 17.2 Å². The van der Waals surface area contributed by atoms with Gasteiger partial charge >= 0.3 is 0 Å². The number of pyridine rings is 1. The quantitative estimate of drug-likeness (QED) is 0.489. The number of H-pyrrole nitrogens is 1. The minimum absolute atomic E-state index is 0.468. The Bertz CT molecular complexity index is 1230. The molecular weight excluding hydrogens is 352 g/mol. The van der Waals surface area contributed by atoms with Crippen LogP contribution in [0.2, 0.25) is 5.15 Å². The number of aromatic amines is 1. The molecule has 0 saturated heterocycles. The highest BCUT2D eigenvalue weighted by Crippen LogP contribution is 2.39. The molecular formula is C18H11ClN6O. The van der Waals surface area contributed by atoms with E-state index in [9.17, 15) is 0 Å². The third-order valence-corrected chi connectivity index (χ3v) is 4.33. The van der Waals surface area contributed by atoms with Crippen LogP contribution in [0.5, 0.6) is 0 Å². The summed E-state index contributed by atoms with van der Waals surface area (Å²) in [7, 11) is 0. The smallest absolute Gasteiger partial charge is 0.197 e. The summed E-state index contributed by atoms with van der Waals surface area (Å²) < 4.78 is 5.97. The number of anilines is 2. The second-order valence-electron chi connectivity index (χ2n) is 5.61. The molecule has 0 fully saturated rings. The molecule has 5 rings (SSSR count). The number of hydrogen-bond acceptors (Lipinski definition) is 6. The van der Waals surface area contributed by atoms with E-state index in [1.54, 1.807) is 30.9 Å². The van der Waals surface area contributed by atoms with Gasteiger partial charge in [-0.15, -0.1) is 0 Å². The summed E-state index contributed by atoms with van der Waals surface area (Å²) >= 11 is 6.28. The lowest BCUT2D eigenvalue weighted by atomic mass is 10.2. The number of nitrogens with one attached hydrogen (secondary N) is 2. The fourth-order valence-corrected chi connectivity index (χ4v) is 3.16. The van der Waals surface area contributed by atoms with E-state index in [0.717, 1.165) is 27.7 Å². The van der Waals surface area contributed by atoms with Crippen LogP contribution in [0.3, 0.4) is 0 Å². The number of furan rings is 1. The highest BCUT2D eigenvalue weighted by molar-refractivity contribution is 6.35. The first-order valence-electron chi connectivity index (χ1n) is 7.85. The first-order valence-corrected chi connectivity index (χ1v) is 8.22. The number of benzene rings is 1. The first-order chi connectivity index (χ1) is 12.8. The second kappa shape index (κ2) is 5.82. The summed E-state index contributed by atoms with van der Waals surface area (Å²) in [4.78, 5) is 12.7. The van der Waals surface area contributed by atoms with Crippen molar-refractivity contribution in [1.29, 1.82) is 0 Å². The molecule has 126 valence electrons. The maximum Gasteiger partial charge on any atom is 0.197 e. The Morgan fingerprint density at radius 1 is 1.04 bits per heavy atom. The monoisotopic (exact) mass is 362 g/mol. The Morgan fingerprint density at radius 2 is 1.92 bits per heavy atom. The fraction of sp³-hybridized carbons (Fsp3) is 0. The van der Waals surface area contributed by atoms with Gasteiger partial charge in [0.2, 0.25) is 0 Å². The van der Waals surface area contributed by atoms with Crippen molar-refractivity contribution in [3.05, 3.63) is 60.3 Å². The molecule has 0 atom stereocenters. The molecule has 0 aliphatic carbocycles. The van der Waals surface area contributed by atoms with Crippen molar-refractivity contribution in [1.82, 2.24) is 25.1 Å². The number of rotatable bonds is 3. The summed E-state index contributed by atoms with van der Waals surface area (Å²) in [5, 5.41) is 12.6. The zero-order valence-corrected chi connectivity index (χ0v) is 14.0. The molecule has 4 heterocycles. The Kier molecular flexibility index (Phi) is 3.32. The van der Waals surface area contributed by atoms with Gasteiger partial charge in [0.25, 0.3) is 0 Å². The molecule has 4 aromatic heterocycles. The van der Waals surface area contributed by atoms with Crippen LogP contribution in [0.1, 0.15) is 0 Å². The Labute approximate surface area is 152 Å². The average Bonchev–Trinajstić information content (AvgIpc) is 3.25. The van der Waals surface area contributed by atoms with Crippen LogP contribution in [0.15, 0.2) is 59.5 Å². The van der Waals surface area contributed by atoms with Gasteiger partial charge in [0, 0.05) is 24.0 Å². The van der Waals surface area contributed by atoms with E-state index in [1.807, 2.05) is 24.3 Å². The molecule has 5 aromatic rings. The van der Waals surface area contributed by atoms with Crippen molar-refractivity contribution in [3.8, 4) is 11.6 Å². The van der Waals surface area contributed by atoms with Crippen LogP contribution in [-0.2, 0) is 0 Å². The molecule has 0 saturated carbocycles. The number of hydrogen-bond donors (Lipinski definition) is 2. The predicted molar refractivity (Wildman–Crippen MR) is 99.4 cm³/mol. The van der Waals surface area contributed by atoms with Crippen LogP contribution in [0.25, 0.3) is 33.5 Å². The van der Waals surface area contributed by atoms with Crippen molar-refractivity contribution in [2.45, 2.75) is 0 Å². The molecule has 7 nitrogen and oxygen atoms in total. The highest BCUT2D eigenvalue weighted by Gasteiger charge is 2.19. The van der Waals surface area contributed by atoms with Crippen LogP contribution in [-0.4, -0.2) is 25.1 Å². The Balaban J connectivity index is 1.74. The van der Waals surface area contributed by atoms with E-state index in [1.165, 1.54) is 0 Å². The lowest BCUT2D eigenvalue weighted by molar-refractivity contribution is 0.624. The zero-order chi connectivity index (χ0) is 17.5. The standard InChI is InChI=1S/C18H11ClN6O/c19-17-14-11(3-1-4-12(14)24-25-17)23-15-10-5-8-20-9-13(10)26-16(15)18-21-6-2-7-22-18/h1-9,23H,(H,24,25). The van der Waals surface area contributed by atoms with Gasteiger partial charge < -0.3 is 9.73 Å². The lowest BCUT2D eigenvalue weighted by Gasteiger charge is -2.08. The van der Waals surface area contributed by atoms with Gasteiger partial charge in [-0.25, -0.2) is 9.97 Å². The molecule has 0 unspecified atom stereocenters. The molecule has 0 bridgehead atoms. The summed E-state index contributed by atoms with van der Waals surface area (Å²) in [6.07, 6.45) is 6.72. The number of fused-ring (bicyclic) bond motifs is 2. The largest absolute Gasteiger partial charge is 0.449 e. The van der Waals surface area contributed by atoms with Gasteiger partial charge in [0.1, 0.15) is 5.15 Å². The first kappa shape index (κ1) is 14.9. The summed E-state index contributed by atoms with van der Waals surface area (Å²) in [5.74, 6) is 1.02. The topological polar surface area (TPSA) is 92.5 Å². The van der Waals surface area contributed by atoms with E-state index < -0.39 is 0 Å². The second-order valence-corrected chi connectivity index (χ2v) is 5.99. The highest BCUT2D eigenvalue weighted by atomic mass is 35.5. The average molecular weight is 363 g/mol. The van der Waals surface area contributed by atoms with E-state index in [0.29, 0.717) is 22.3 Å². The Hall–Kier alpha value is -3.45. The lowest BCUT2D eigenvalue weighted by Crippen LogP contribution is -1.94. The van der Waals surface area contributed by atoms with Gasteiger partial charge in [-0.1, -0.05) is 17.7 Å². The minimum atomic E-state index is 0.468. The maximum atomic E-state index is 6.28. The van der Waals surface area contributed by atoms with Crippen molar-refractivity contribution in [2.24, 2.45) is 0 Å². The molecule has 0 aliphatic heterocycles. The van der Waals surface area contributed by atoms with E-state index in [2.05, 4.69) is 30.5 Å². The minimum Gasteiger partial charge on any atom is -0.449 e. The van der Waals surface area contributed by atoms with Gasteiger partial charge in [-0.05, 0) is 24.3 Å². The number of aromatic nitrogens is 5. The SMILES string of the molecule is Clc1[nH]nc2cccc(Nc3c(-c4ncccn4)oc4cnccc34)c12. The van der Waals surface area contributed by atoms with Crippen molar-refractivity contribution >= 4 is 44.8 Å². The molecule has 0 aliphatic rings. The van der Waals surface area contributed by atoms with E-state index >= 15 is 0 Å². The fourth-order valence-electron chi connectivity index (χ4n) is 2.92. The van der Waals surface area contributed by atoms with Gasteiger partial charge in [-0.2, -0.15) is 5.10 Å². The maximum absolute atomic E-state index is 6.28. The Morgan fingerprint density at radius 3 is 2.81 bits per heavy atom. The predicted octanol–water partition coefficient (Wildman–Crippen LogP) is 4.56. The molecule has 8 heteroatoms. The summed E-state index contributed by atoms with van der Waals surface area (Å²) in [5.41, 5.74) is 2.96. The van der Waals surface area contributed by atoms with Crippen molar-refractivity contribution < 1.29 is 4.42 Å². The molecule has 0 amide bonds. The zero-order valence-electron chi connectivity index (χ0n) is 13.3. The number of halogens is 1. The third kappa shape index (κ3) is 2.29. The van der Waals surface area contributed by atoms with Gasteiger partial charge in [0.05, 0.1) is 28.5 Å². The summed E-state index contributed by atoms with van der Waals surface area (Å²) in [6.45, 7) is 0. The number of nitrogens with zero attached hydrogens (tertiary/aromatic N) is 4. The van der Waals surface area contributed by atoms with Gasteiger partial charge in [-0.3, -0.25) is 10.1 Å². The molecule has 0 radical (unpaired) electrons. The summed E-state index contributed by atoms with van der Waals surface area (Å²) in [6, 6.07) is 9.36. The van der Waals surface area contributed by atoms with Crippen LogP contribution in [0, 0.1) is 0 Å². The molecule has 26 heavy (non-hydrogen) atoms. The molecule has 2 N–H and O–H groups in total.